The number of fused-ring (bicyclic) bond motifs is 3. The third kappa shape index (κ3) is 6.17. The van der Waals surface area contributed by atoms with E-state index in [-0.39, 0.29) is 0 Å². The molecule has 4 aliphatic rings. The minimum Gasteiger partial charge on any atom is -0.504 e. The van der Waals surface area contributed by atoms with Gasteiger partial charge in [-0.15, -0.1) is 0 Å². The number of aromatic carboxylic acids is 1. The fourth-order valence-electron chi connectivity index (χ4n) is 8.08. The van der Waals surface area contributed by atoms with Crippen molar-refractivity contribution in [2.75, 3.05) is 6.61 Å². The Morgan fingerprint density at radius 1 is 0.456 bits per heavy atom. The molecule has 0 unspecified atom stereocenters. The molecular formula is C41H28O27. The normalized spacial score (nSPS) is 19.3. The molecule has 354 valence electrons. The number of benzene rings is 5. The Balaban J connectivity index is 1.38. The highest BCUT2D eigenvalue weighted by Crippen LogP contribution is 2.62. The van der Waals surface area contributed by atoms with Crippen LogP contribution in [0.25, 0.3) is 33.4 Å². The number of hydrogen-bond donors (Lipinski definition) is 18. The Morgan fingerprint density at radius 3 is 1.44 bits per heavy atom. The number of carbonyl (C=O) groups is 5. The van der Waals surface area contributed by atoms with Gasteiger partial charge in [-0.25, -0.2) is 24.0 Å². The van der Waals surface area contributed by atoms with E-state index in [9.17, 15) is 116 Å². The molecule has 4 heterocycles. The first-order valence-electron chi connectivity index (χ1n) is 18.7. The minimum atomic E-state index is -2.86. The third-order valence-electron chi connectivity index (χ3n) is 11.2. The minimum absolute atomic E-state index is 0.298. The summed E-state index contributed by atoms with van der Waals surface area (Å²) in [6.07, 6.45) is -13.4. The second-order valence-electron chi connectivity index (χ2n) is 14.9. The molecule has 0 amide bonds. The second-order valence-corrected chi connectivity index (χ2v) is 14.9. The molecule has 4 aliphatic heterocycles. The molecule has 0 aliphatic carbocycles. The summed E-state index contributed by atoms with van der Waals surface area (Å²) in [6.45, 7) is -1.62. The summed E-state index contributed by atoms with van der Waals surface area (Å²) in [4.78, 5) is 69.0. The lowest BCUT2D eigenvalue weighted by Gasteiger charge is -2.39. The van der Waals surface area contributed by atoms with E-state index in [2.05, 4.69) is 0 Å². The van der Waals surface area contributed by atoms with Crippen LogP contribution in [0, 0.1) is 0 Å². The number of phenolic OH excluding ortho intramolecular Hbond substituents is 15. The predicted octanol–water partition coefficient (Wildman–Crippen LogP) is 0.838. The number of aliphatic hydroxyl groups is 2. The van der Waals surface area contributed by atoms with Gasteiger partial charge in [0.15, 0.2) is 75.8 Å². The molecule has 27 nitrogen and oxygen atoms in total. The molecule has 0 radical (unpaired) electrons. The van der Waals surface area contributed by atoms with Gasteiger partial charge in [-0.1, -0.05) is 0 Å². The number of carbonyl (C=O) groups excluding carboxylic acids is 4. The van der Waals surface area contributed by atoms with E-state index in [0.717, 1.165) is 0 Å². The number of esters is 4. The smallest absolute Gasteiger partial charge is 0.340 e. The maximum atomic E-state index is 14.6. The number of ether oxygens (including phenoxy) is 4. The van der Waals surface area contributed by atoms with Crippen LogP contribution in [0.3, 0.4) is 0 Å². The van der Waals surface area contributed by atoms with E-state index in [1.165, 1.54) is 0 Å². The molecule has 9 rings (SSSR count). The highest BCUT2D eigenvalue weighted by molar-refractivity contribution is 6.16. The Hall–Kier alpha value is -9.63. The number of aliphatic hydroxyl groups excluding tert-OH is 2. The summed E-state index contributed by atoms with van der Waals surface area (Å²) in [7, 11) is 0. The number of carboxylic acids is 1. The number of hydrogen-bond acceptors (Lipinski definition) is 26. The Kier molecular flexibility index (Phi) is 10.1. The number of cyclic esters (lactones) is 1. The molecule has 27 heteroatoms. The maximum Gasteiger partial charge on any atom is 0.340 e. The van der Waals surface area contributed by atoms with Crippen LogP contribution in [0.5, 0.6) is 86.2 Å². The summed E-state index contributed by atoms with van der Waals surface area (Å²) >= 11 is 0. The average Bonchev–Trinajstić information content (AvgIpc) is 3.30. The van der Waals surface area contributed by atoms with E-state index in [0.29, 0.717) is 18.2 Å². The van der Waals surface area contributed by atoms with Crippen molar-refractivity contribution in [2.24, 2.45) is 0 Å². The van der Waals surface area contributed by atoms with Gasteiger partial charge in [-0.3, -0.25) is 0 Å². The molecular weight excluding hydrogens is 924 g/mol. The number of carboxylic acid groups (broad SMARTS) is 1. The zero-order chi connectivity index (χ0) is 50.0. The van der Waals surface area contributed by atoms with Crippen molar-refractivity contribution in [1.29, 1.82) is 0 Å². The van der Waals surface area contributed by atoms with Crippen LogP contribution >= 0.6 is 0 Å². The summed E-state index contributed by atoms with van der Waals surface area (Å²) in [5, 5.41) is 196. The molecule has 0 fully saturated rings. The zero-order valence-electron chi connectivity index (χ0n) is 33.0. The van der Waals surface area contributed by atoms with Crippen LogP contribution in [0.15, 0.2) is 18.2 Å². The topological polar surface area (TPSA) is 486 Å². The van der Waals surface area contributed by atoms with Crippen molar-refractivity contribution in [3.05, 3.63) is 51.6 Å². The molecule has 6 bridgehead atoms. The van der Waals surface area contributed by atoms with Crippen LogP contribution in [-0.4, -0.2) is 153 Å². The van der Waals surface area contributed by atoms with E-state index in [1.807, 2.05) is 0 Å². The van der Waals surface area contributed by atoms with E-state index < -0.39 is 220 Å². The first-order valence-corrected chi connectivity index (χ1v) is 18.7. The van der Waals surface area contributed by atoms with Crippen LogP contribution in [0.4, 0.5) is 0 Å². The predicted molar refractivity (Wildman–Crippen MR) is 210 cm³/mol. The van der Waals surface area contributed by atoms with E-state index >= 15 is 0 Å². The van der Waals surface area contributed by atoms with E-state index in [4.69, 9.17) is 18.9 Å². The second kappa shape index (κ2) is 15.2. The molecule has 0 spiro atoms. The Bertz CT molecular complexity index is 3170. The summed E-state index contributed by atoms with van der Waals surface area (Å²) in [5.74, 6) is -32.5. The van der Waals surface area contributed by atoms with Gasteiger partial charge >= 0.3 is 29.8 Å². The number of phenols is 15. The quantitative estimate of drug-likeness (QED) is 0.0659. The third-order valence-corrected chi connectivity index (χ3v) is 11.2. The maximum absolute atomic E-state index is 14.6. The van der Waals surface area contributed by atoms with Crippen LogP contribution in [0.2, 0.25) is 0 Å². The number of rotatable bonds is 5. The zero-order valence-corrected chi connectivity index (χ0v) is 33.0. The fraction of sp³-hybridized carbons (Fsp3) is 0.146. The highest BCUT2D eigenvalue weighted by Gasteiger charge is 2.53. The van der Waals surface area contributed by atoms with Crippen molar-refractivity contribution in [3.8, 4) is 120 Å². The van der Waals surface area contributed by atoms with Gasteiger partial charge in [0.2, 0.25) is 28.7 Å². The van der Waals surface area contributed by atoms with Crippen molar-refractivity contribution in [1.82, 2.24) is 0 Å². The largest absolute Gasteiger partial charge is 0.504 e. The molecule has 5 aromatic carbocycles. The van der Waals surface area contributed by atoms with Crippen LogP contribution < -0.4 is 0 Å². The molecule has 5 aromatic rings. The van der Waals surface area contributed by atoms with Crippen molar-refractivity contribution < 1.29 is 135 Å². The molecule has 5 atom stereocenters. The number of aromatic hydroxyl groups is 15. The SMILES string of the molecule is O=C(O)c1cc(O)c(O)c(O)c1-c1c(C(=O)OC[C@H]2OC(=O)c3cc(O)c(O)c(O)c3-c3c(O)c(O)c(O)c4c3C(=O)O[C@@H]([C@@H]2O)[C@H]2OC(=O)c3c-4c(O)c(O)c(O)c3[C@H]2O)cc(O)c(O)c1O. The average molecular weight is 953 g/mol. The molecule has 18 N–H and O–H groups in total. The lowest BCUT2D eigenvalue weighted by molar-refractivity contribution is -0.152. The van der Waals surface area contributed by atoms with Gasteiger partial charge in [0.1, 0.15) is 18.8 Å². The standard InChI is InChI=1S/C41H28O27/c42-8-1-5(37(59)60)12(25(49)21(8)45)13-6(2-9(43)22(46)26(13)50)38(61)65-4-11-24(48)35-36-32(56)20-19(41(64)68-36)17(30(54)34(58)31(20)55)16-18(40(63)67-35)15(28(52)33(57)29(16)53)14-7(39(62)66-11)3-10(44)23(47)27(14)51/h1-3,11,24,32,35-36,42-58H,4H2,(H,59,60)/t11-,24-,32-,35+,36+/m1/s1. The van der Waals surface area contributed by atoms with Gasteiger partial charge in [0.25, 0.3) is 0 Å². The molecule has 0 saturated heterocycles. The van der Waals surface area contributed by atoms with Gasteiger partial charge in [-0.05, 0) is 18.2 Å². The molecule has 0 aromatic heterocycles. The first-order chi connectivity index (χ1) is 31.8. The van der Waals surface area contributed by atoms with Crippen LogP contribution in [-0.2, 0) is 18.9 Å². The van der Waals surface area contributed by atoms with Gasteiger partial charge in [-0.2, -0.15) is 0 Å². The monoisotopic (exact) mass is 952 g/mol. The van der Waals surface area contributed by atoms with Crippen molar-refractivity contribution in [2.45, 2.75) is 30.5 Å². The molecule has 68 heavy (non-hydrogen) atoms. The molecule has 0 saturated carbocycles. The summed E-state index contributed by atoms with van der Waals surface area (Å²) in [5.41, 5.74) is -15.1. The highest BCUT2D eigenvalue weighted by atomic mass is 16.6. The van der Waals surface area contributed by atoms with Gasteiger partial charge in [0, 0.05) is 38.9 Å². The van der Waals surface area contributed by atoms with Gasteiger partial charge in [0.05, 0.1) is 27.8 Å². The van der Waals surface area contributed by atoms with Gasteiger partial charge < -0.3 is 111 Å². The summed E-state index contributed by atoms with van der Waals surface area (Å²) in [6, 6.07) is 0.928. The van der Waals surface area contributed by atoms with Crippen molar-refractivity contribution >= 4 is 29.8 Å². The Morgan fingerprint density at radius 2 is 0.882 bits per heavy atom. The lowest BCUT2D eigenvalue weighted by Crippen LogP contribution is -2.54. The lowest BCUT2D eigenvalue weighted by atomic mass is 9.80. The first kappa shape index (κ1) is 45.0. The fourth-order valence-corrected chi connectivity index (χ4v) is 8.08. The summed E-state index contributed by atoms with van der Waals surface area (Å²) < 4.78 is 21.4. The Labute approximate surface area is 372 Å². The van der Waals surface area contributed by atoms with E-state index in [1.54, 1.807) is 0 Å². The van der Waals surface area contributed by atoms with Crippen molar-refractivity contribution in [3.63, 3.8) is 0 Å². The van der Waals surface area contributed by atoms with Crippen LogP contribution in [0.1, 0.15) is 63.5 Å².